The van der Waals surface area contributed by atoms with Gasteiger partial charge in [-0.2, -0.15) is 0 Å². The van der Waals surface area contributed by atoms with E-state index in [4.69, 9.17) is 9.47 Å². The standard InChI is InChI=1S/C24H37FN4O4/c1-15(28(14-24(8,9)25)21(31)33-23(5,6)7)13-17-16(20(30)32-10)11-12-18-19(17)26-27-29(18)22(2,3)4/h11-12,15H,13-14H2,1-10H3. The van der Waals surface area contributed by atoms with Gasteiger partial charge in [0, 0.05) is 6.04 Å². The summed E-state index contributed by atoms with van der Waals surface area (Å²) >= 11 is 0. The third-order valence-corrected chi connectivity index (χ3v) is 4.97. The van der Waals surface area contributed by atoms with E-state index in [1.165, 1.54) is 25.9 Å². The fourth-order valence-electron chi connectivity index (χ4n) is 3.58. The number of halogens is 1. The topological polar surface area (TPSA) is 86.5 Å². The number of rotatable bonds is 6. The molecule has 0 aliphatic rings. The first-order valence-corrected chi connectivity index (χ1v) is 11.1. The lowest BCUT2D eigenvalue weighted by molar-refractivity contribution is 0.00505. The second-order valence-electron chi connectivity index (χ2n) is 11.0. The van der Waals surface area contributed by atoms with Gasteiger partial charge in [0.1, 0.15) is 16.8 Å². The number of nitrogens with zero attached hydrogens (tertiary/aromatic N) is 4. The van der Waals surface area contributed by atoms with E-state index in [1.807, 2.05) is 20.8 Å². The number of aromatic nitrogens is 3. The lowest BCUT2D eigenvalue weighted by atomic mass is 9.97. The molecule has 9 heteroatoms. The summed E-state index contributed by atoms with van der Waals surface area (Å²) in [6.45, 7) is 15.7. The van der Waals surface area contributed by atoms with Crippen molar-refractivity contribution in [2.75, 3.05) is 13.7 Å². The predicted molar refractivity (Wildman–Crippen MR) is 125 cm³/mol. The Hall–Kier alpha value is -2.71. The molecule has 1 amide bonds. The molecular formula is C24H37FN4O4. The van der Waals surface area contributed by atoms with E-state index < -0.39 is 29.4 Å². The number of hydrogen-bond acceptors (Lipinski definition) is 6. The molecule has 0 fully saturated rings. The minimum absolute atomic E-state index is 0.165. The van der Waals surface area contributed by atoms with Gasteiger partial charge >= 0.3 is 12.1 Å². The van der Waals surface area contributed by atoms with Crippen LogP contribution < -0.4 is 0 Å². The summed E-state index contributed by atoms with van der Waals surface area (Å²) in [5.41, 5.74) is -0.477. The maximum absolute atomic E-state index is 14.6. The minimum atomic E-state index is -1.64. The van der Waals surface area contributed by atoms with E-state index in [1.54, 1.807) is 44.5 Å². The fraction of sp³-hybridized carbons (Fsp3) is 0.667. The summed E-state index contributed by atoms with van der Waals surface area (Å²) in [6.07, 6.45) is -0.384. The van der Waals surface area contributed by atoms with Crippen molar-refractivity contribution in [1.82, 2.24) is 19.9 Å². The molecule has 1 atom stereocenters. The Morgan fingerprint density at radius 2 is 1.73 bits per heavy atom. The van der Waals surface area contributed by atoms with Crippen LogP contribution in [0.3, 0.4) is 0 Å². The molecule has 1 unspecified atom stereocenters. The largest absolute Gasteiger partial charge is 0.465 e. The molecule has 0 radical (unpaired) electrons. The molecule has 1 aromatic heterocycles. The normalized spacial score (nSPS) is 13.7. The van der Waals surface area contributed by atoms with Crippen LogP contribution >= 0.6 is 0 Å². The van der Waals surface area contributed by atoms with E-state index in [0.29, 0.717) is 16.6 Å². The fourth-order valence-corrected chi connectivity index (χ4v) is 3.58. The van der Waals surface area contributed by atoms with E-state index in [2.05, 4.69) is 10.3 Å². The quantitative estimate of drug-likeness (QED) is 0.566. The molecule has 0 aliphatic carbocycles. The van der Waals surface area contributed by atoms with Crippen molar-refractivity contribution < 1.29 is 23.5 Å². The van der Waals surface area contributed by atoms with Crippen LogP contribution in [0.2, 0.25) is 0 Å². The van der Waals surface area contributed by atoms with Gasteiger partial charge in [-0.3, -0.25) is 0 Å². The third kappa shape index (κ3) is 6.65. The van der Waals surface area contributed by atoms with Crippen LogP contribution in [0.5, 0.6) is 0 Å². The molecule has 2 rings (SSSR count). The second kappa shape index (κ2) is 9.27. The number of fused-ring (bicyclic) bond motifs is 1. The average molecular weight is 465 g/mol. The SMILES string of the molecule is COC(=O)c1ccc2c(nnn2C(C)(C)C)c1CC(C)N(CC(C)(C)F)C(=O)OC(C)(C)C. The van der Waals surface area contributed by atoms with Crippen LogP contribution in [0.15, 0.2) is 12.1 Å². The van der Waals surface area contributed by atoms with Gasteiger partial charge in [0.2, 0.25) is 0 Å². The lowest BCUT2D eigenvalue weighted by Crippen LogP contribution is -2.48. The number of methoxy groups -OCH3 is 1. The lowest BCUT2D eigenvalue weighted by Gasteiger charge is -2.34. The van der Waals surface area contributed by atoms with E-state index >= 15 is 0 Å². The van der Waals surface area contributed by atoms with Gasteiger partial charge in [0.05, 0.1) is 30.3 Å². The molecule has 2 aromatic rings. The van der Waals surface area contributed by atoms with Crippen molar-refractivity contribution in [3.05, 3.63) is 23.3 Å². The Labute approximate surface area is 195 Å². The third-order valence-electron chi connectivity index (χ3n) is 4.97. The van der Waals surface area contributed by atoms with Crippen LogP contribution in [0.4, 0.5) is 9.18 Å². The maximum Gasteiger partial charge on any atom is 0.410 e. The van der Waals surface area contributed by atoms with E-state index in [-0.39, 0.29) is 18.5 Å². The first-order valence-electron chi connectivity index (χ1n) is 11.1. The maximum atomic E-state index is 14.6. The summed E-state index contributed by atoms with van der Waals surface area (Å²) in [7, 11) is 1.31. The number of esters is 1. The number of carbonyl (C=O) groups is 2. The van der Waals surface area contributed by atoms with Crippen molar-refractivity contribution in [3.63, 3.8) is 0 Å². The highest BCUT2D eigenvalue weighted by Gasteiger charge is 2.33. The second-order valence-corrected chi connectivity index (χ2v) is 11.0. The highest BCUT2D eigenvalue weighted by Crippen LogP contribution is 2.28. The van der Waals surface area contributed by atoms with Crippen LogP contribution in [0.25, 0.3) is 11.0 Å². The van der Waals surface area contributed by atoms with E-state index in [9.17, 15) is 14.0 Å². The Kier molecular flexibility index (Phi) is 7.45. The van der Waals surface area contributed by atoms with E-state index in [0.717, 1.165) is 5.52 Å². The molecule has 1 aromatic carbocycles. The van der Waals surface area contributed by atoms with Crippen molar-refractivity contribution in [2.24, 2.45) is 0 Å². The first-order chi connectivity index (χ1) is 14.9. The van der Waals surface area contributed by atoms with Crippen molar-refractivity contribution in [3.8, 4) is 0 Å². The summed E-state index contributed by atoms with van der Waals surface area (Å²) in [5, 5.41) is 8.65. The van der Waals surface area contributed by atoms with Crippen molar-refractivity contribution >= 4 is 23.1 Å². The Morgan fingerprint density at radius 1 is 1.12 bits per heavy atom. The smallest absolute Gasteiger partial charge is 0.410 e. The van der Waals surface area contributed by atoms with Gasteiger partial charge in [-0.15, -0.1) is 5.10 Å². The van der Waals surface area contributed by atoms with Gasteiger partial charge < -0.3 is 14.4 Å². The zero-order valence-corrected chi connectivity index (χ0v) is 21.4. The highest BCUT2D eigenvalue weighted by molar-refractivity contribution is 5.96. The molecule has 0 spiro atoms. The molecule has 0 aliphatic heterocycles. The molecule has 1 heterocycles. The number of benzene rings is 1. The van der Waals surface area contributed by atoms with Gasteiger partial charge in [0.25, 0.3) is 0 Å². The van der Waals surface area contributed by atoms with Crippen LogP contribution in [-0.2, 0) is 21.4 Å². The van der Waals surface area contributed by atoms with Crippen LogP contribution in [0, 0.1) is 0 Å². The monoisotopic (exact) mass is 464 g/mol. The van der Waals surface area contributed by atoms with Crippen molar-refractivity contribution in [2.45, 2.75) is 91.6 Å². The molecule has 33 heavy (non-hydrogen) atoms. The number of ether oxygens (including phenoxy) is 2. The van der Waals surface area contributed by atoms with Crippen LogP contribution in [0.1, 0.15) is 78.2 Å². The summed E-state index contributed by atoms with van der Waals surface area (Å²) in [5.74, 6) is -0.515. The molecule has 0 N–H and O–H groups in total. The predicted octanol–water partition coefficient (Wildman–Crippen LogP) is 4.89. The zero-order valence-electron chi connectivity index (χ0n) is 21.4. The Balaban J connectivity index is 2.57. The summed E-state index contributed by atoms with van der Waals surface area (Å²) in [6, 6.07) is 2.97. The minimum Gasteiger partial charge on any atom is -0.465 e. The van der Waals surface area contributed by atoms with Crippen molar-refractivity contribution in [1.29, 1.82) is 0 Å². The number of carbonyl (C=O) groups excluding carboxylic acids is 2. The average Bonchev–Trinajstić information content (AvgIpc) is 3.08. The summed E-state index contributed by atoms with van der Waals surface area (Å²) < 4.78 is 26.9. The molecule has 0 saturated heterocycles. The van der Waals surface area contributed by atoms with Gasteiger partial charge in [-0.05, 0) is 86.4 Å². The Morgan fingerprint density at radius 3 is 2.21 bits per heavy atom. The highest BCUT2D eigenvalue weighted by atomic mass is 19.1. The molecule has 8 nitrogen and oxygen atoms in total. The van der Waals surface area contributed by atoms with Crippen LogP contribution in [-0.4, -0.2) is 62.9 Å². The number of alkyl halides is 1. The van der Waals surface area contributed by atoms with Gasteiger partial charge in [0.15, 0.2) is 0 Å². The number of hydrogen-bond donors (Lipinski definition) is 0. The molecule has 0 bridgehead atoms. The first kappa shape index (κ1) is 26.5. The van der Waals surface area contributed by atoms with Gasteiger partial charge in [-0.1, -0.05) is 5.21 Å². The molecular weight excluding hydrogens is 427 g/mol. The summed E-state index contributed by atoms with van der Waals surface area (Å²) in [4.78, 5) is 26.9. The zero-order chi connectivity index (χ0) is 25.4. The molecule has 0 saturated carbocycles. The Bertz CT molecular complexity index is 1010. The molecule has 184 valence electrons. The number of amides is 1. The van der Waals surface area contributed by atoms with Gasteiger partial charge in [-0.25, -0.2) is 18.7 Å².